The van der Waals surface area contributed by atoms with Gasteiger partial charge in [-0.25, -0.2) is 0 Å². The summed E-state index contributed by atoms with van der Waals surface area (Å²) in [6.45, 7) is -0.00463. The van der Waals surface area contributed by atoms with Crippen molar-refractivity contribution in [3.8, 4) is 0 Å². The maximum absolute atomic E-state index is 10.1. The van der Waals surface area contributed by atoms with Gasteiger partial charge in [-0.2, -0.15) is 0 Å². The van der Waals surface area contributed by atoms with Crippen LogP contribution in [0.3, 0.4) is 0 Å². The zero-order valence-corrected chi connectivity index (χ0v) is 6.53. The highest BCUT2D eigenvalue weighted by Crippen LogP contribution is 2.69. The SMILES string of the molecule is OCC1(O)[C@@H]2CC[C@H]1[C@H]1C[C@H]12. The maximum Gasteiger partial charge on any atom is 0.0938 e. The van der Waals surface area contributed by atoms with E-state index >= 15 is 0 Å². The minimum absolute atomic E-state index is 0.00463. The van der Waals surface area contributed by atoms with Gasteiger partial charge in [-0.3, -0.25) is 0 Å². The van der Waals surface area contributed by atoms with E-state index in [2.05, 4.69) is 0 Å². The molecule has 0 heterocycles. The van der Waals surface area contributed by atoms with E-state index in [1.165, 1.54) is 6.42 Å². The molecule has 0 aromatic carbocycles. The van der Waals surface area contributed by atoms with Crippen LogP contribution in [0.5, 0.6) is 0 Å². The Labute approximate surface area is 66.2 Å². The first kappa shape index (κ1) is 6.44. The number of fused-ring (bicyclic) bond motifs is 5. The second kappa shape index (κ2) is 1.64. The Hall–Kier alpha value is -0.0800. The quantitative estimate of drug-likeness (QED) is 0.573. The fraction of sp³-hybridized carbons (Fsp3) is 1.00. The third-order valence-corrected chi connectivity index (χ3v) is 4.25. The number of hydrogen-bond acceptors (Lipinski definition) is 2. The number of rotatable bonds is 1. The van der Waals surface area contributed by atoms with Crippen LogP contribution in [0.4, 0.5) is 0 Å². The van der Waals surface area contributed by atoms with Crippen LogP contribution >= 0.6 is 0 Å². The molecular weight excluding hydrogens is 140 g/mol. The van der Waals surface area contributed by atoms with Gasteiger partial charge >= 0.3 is 0 Å². The summed E-state index contributed by atoms with van der Waals surface area (Å²) in [7, 11) is 0. The molecule has 1 unspecified atom stereocenters. The van der Waals surface area contributed by atoms with Crippen molar-refractivity contribution in [1.29, 1.82) is 0 Å². The zero-order chi connectivity index (χ0) is 7.64. The molecule has 3 aliphatic rings. The highest BCUT2D eigenvalue weighted by atomic mass is 16.3. The van der Waals surface area contributed by atoms with E-state index in [0.717, 1.165) is 24.7 Å². The van der Waals surface area contributed by atoms with E-state index in [4.69, 9.17) is 5.11 Å². The molecular formula is C9H14O2. The highest BCUT2D eigenvalue weighted by Gasteiger charge is 2.69. The van der Waals surface area contributed by atoms with E-state index in [1.807, 2.05) is 0 Å². The molecule has 62 valence electrons. The highest BCUT2D eigenvalue weighted by molar-refractivity contribution is 5.18. The molecule has 0 spiro atoms. The second-order valence-corrected chi connectivity index (χ2v) is 4.50. The lowest BCUT2D eigenvalue weighted by Gasteiger charge is -2.28. The smallest absolute Gasteiger partial charge is 0.0938 e. The van der Waals surface area contributed by atoms with Crippen molar-refractivity contribution in [2.45, 2.75) is 24.9 Å². The molecule has 2 N–H and O–H groups in total. The predicted octanol–water partition coefficient (Wildman–Crippen LogP) is 0.386. The Morgan fingerprint density at radius 2 is 1.73 bits per heavy atom. The van der Waals surface area contributed by atoms with E-state index in [9.17, 15) is 5.11 Å². The van der Waals surface area contributed by atoms with Gasteiger partial charge in [-0.15, -0.1) is 0 Å². The second-order valence-electron chi connectivity index (χ2n) is 4.50. The lowest BCUT2D eigenvalue weighted by Crippen LogP contribution is -2.40. The van der Waals surface area contributed by atoms with Gasteiger partial charge < -0.3 is 10.2 Å². The minimum atomic E-state index is -0.659. The largest absolute Gasteiger partial charge is 0.393 e. The standard InChI is InChI=1S/C9H14O2/c10-4-9(11)7-1-2-8(9)6-3-5(6)7/h5-8,10-11H,1-4H2/t5-,6+,7-,8+,9?. The molecule has 2 bridgehead atoms. The summed E-state index contributed by atoms with van der Waals surface area (Å²) >= 11 is 0. The monoisotopic (exact) mass is 154 g/mol. The summed E-state index contributed by atoms with van der Waals surface area (Å²) in [5.41, 5.74) is -0.659. The lowest BCUT2D eigenvalue weighted by atomic mass is 9.88. The molecule has 0 aliphatic heterocycles. The fourth-order valence-corrected chi connectivity index (χ4v) is 3.70. The van der Waals surface area contributed by atoms with Gasteiger partial charge in [0, 0.05) is 0 Å². The summed E-state index contributed by atoms with van der Waals surface area (Å²) in [5.74, 6) is 2.46. The third-order valence-electron chi connectivity index (χ3n) is 4.25. The van der Waals surface area contributed by atoms with E-state index < -0.39 is 5.60 Å². The first-order valence-corrected chi connectivity index (χ1v) is 4.60. The molecule has 11 heavy (non-hydrogen) atoms. The van der Waals surface area contributed by atoms with Gasteiger partial charge in [0.05, 0.1) is 12.2 Å². The summed E-state index contributed by atoms with van der Waals surface area (Å²) in [4.78, 5) is 0. The van der Waals surface area contributed by atoms with Crippen LogP contribution in [0.2, 0.25) is 0 Å². The van der Waals surface area contributed by atoms with E-state index in [0.29, 0.717) is 11.8 Å². The average Bonchev–Trinajstić information content (AvgIpc) is 2.71. The first-order valence-electron chi connectivity index (χ1n) is 4.60. The molecule has 0 saturated heterocycles. The normalized spacial score (nSPS) is 64.9. The van der Waals surface area contributed by atoms with Crippen molar-refractivity contribution in [1.82, 2.24) is 0 Å². The molecule has 2 nitrogen and oxygen atoms in total. The third kappa shape index (κ3) is 0.541. The summed E-state index contributed by atoms with van der Waals surface area (Å²) in [6, 6.07) is 0. The number of aliphatic hydroxyl groups excluding tert-OH is 1. The van der Waals surface area contributed by atoms with Gasteiger partial charge in [0.1, 0.15) is 0 Å². The van der Waals surface area contributed by atoms with Gasteiger partial charge in [0.25, 0.3) is 0 Å². The van der Waals surface area contributed by atoms with Gasteiger partial charge in [0.2, 0.25) is 0 Å². The zero-order valence-electron chi connectivity index (χ0n) is 6.53. The topological polar surface area (TPSA) is 40.5 Å². The van der Waals surface area contributed by atoms with E-state index in [1.54, 1.807) is 0 Å². The minimum Gasteiger partial charge on any atom is -0.393 e. The Bertz CT molecular complexity index is 186. The molecule has 0 aromatic heterocycles. The predicted molar refractivity (Wildman–Crippen MR) is 39.8 cm³/mol. The van der Waals surface area contributed by atoms with Crippen LogP contribution in [0, 0.1) is 23.7 Å². The van der Waals surface area contributed by atoms with Crippen molar-refractivity contribution in [3.05, 3.63) is 0 Å². The van der Waals surface area contributed by atoms with Gasteiger partial charge in [-0.05, 0) is 42.9 Å². The van der Waals surface area contributed by atoms with Crippen molar-refractivity contribution in [3.63, 3.8) is 0 Å². The van der Waals surface area contributed by atoms with Crippen LogP contribution < -0.4 is 0 Å². The molecule has 3 aliphatic carbocycles. The van der Waals surface area contributed by atoms with Crippen LogP contribution in [-0.4, -0.2) is 22.4 Å². The molecule has 0 amide bonds. The van der Waals surface area contributed by atoms with Crippen molar-refractivity contribution < 1.29 is 10.2 Å². The van der Waals surface area contributed by atoms with E-state index in [-0.39, 0.29) is 6.61 Å². The lowest BCUT2D eigenvalue weighted by molar-refractivity contribution is -0.0643. The van der Waals surface area contributed by atoms with Gasteiger partial charge in [-0.1, -0.05) is 0 Å². The fourth-order valence-electron chi connectivity index (χ4n) is 3.70. The number of hydrogen-bond donors (Lipinski definition) is 2. The van der Waals surface area contributed by atoms with Crippen LogP contribution in [0.1, 0.15) is 19.3 Å². The molecule has 3 saturated carbocycles. The van der Waals surface area contributed by atoms with Crippen molar-refractivity contribution in [2.75, 3.05) is 6.61 Å². The van der Waals surface area contributed by atoms with Crippen molar-refractivity contribution in [2.24, 2.45) is 23.7 Å². The Kier molecular flexibility index (Phi) is 0.961. The summed E-state index contributed by atoms with van der Waals surface area (Å²) in [6.07, 6.45) is 3.64. The van der Waals surface area contributed by atoms with Crippen LogP contribution in [-0.2, 0) is 0 Å². The average molecular weight is 154 g/mol. The number of aliphatic hydroxyl groups is 2. The Morgan fingerprint density at radius 3 is 2.09 bits per heavy atom. The Balaban J connectivity index is 1.99. The molecule has 2 heteroatoms. The first-order chi connectivity index (χ1) is 5.27. The van der Waals surface area contributed by atoms with Crippen LogP contribution in [0.15, 0.2) is 0 Å². The summed E-state index contributed by atoms with van der Waals surface area (Å²) < 4.78 is 0. The van der Waals surface area contributed by atoms with Crippen LogP contribution in [0.25, 0.3) is 0 Å². The molecule has 3 fully saturated rings. The Morgan fingerprint density at radius 1 is 1.18 bits per heavy atom. The molecule has 0 radical (unpaired) electrons. The molecule has 3 rings (SSSR count). The maximum atomic E-state index is 10.1. The molecule has 0 aromatic rings. The van der Waals surface area contributed by atoms with Crippen molar-refractivity contribution >= 4 is 0 Å². The molecule has 5 atom stereocenters. The van der Waals surface area contributed by atoms with Gasteiger partial charge in [0.15, 0.2) is 0 Å². The summed E-state index contributed by atoms with van der Waals surface area (Å²) in [5, 5.41) is 19.1.